The number of fused-ring (bicyclic) bond motifs is 1. The summed E-state index contributed by atoms with van der Waals surface area (Å²) in [7, 11) is 0. The summed E-state index contributed by atoms with van der Waals surface area (Å²) in [6, 6.07) is -0.174. The fourth-order valence-electron chi connectivity index (χ4n) is 2.11. The molecule has 7 nitrogen and oxygen atoms in total. The van der Waals surface area contributed by atoms with Gasteiger partial charge in [0.25, 0.3) is 0 Å². The first kappa shape index (κ1) is 14.1. The predicted molar refractivity (Wildman–Crippen MR) is 72.3 cm³/mol. The van der Waals surface area contributed by atoms with E-state index in [-0.39, 0.29) is 11.7 Å². The van der Waals surface area contributed by atoms with Crippen LogP contribution in [0, 0.1) is 0 Å². The van der Waals surface area contributed by atoms with Gasteiger partial charge >= 0.3 is 12.0 Å². The van der Waals surface area contributed by atoms with E-state index in [2.05, 4.69) is 22.1 Å². The fourth-order valence-corrected chi connectivity index (χ4v) is 2.11. The highest BCUT2D eigenvalue weighted by molar-refractivity contribution is 5.89. The maximum Gasteiger partial charge on any atom is 0.359 e. The van der Waals surface area contributed by atoms with E-state index in [4.69, 9.17) is 4.74 Å². The molecule has 0 saturated carbocycles. The largest absolute Gasteiger partial charge is 0.461 e. The molecular weight excluding hydrogens is 260 g/mol. The van der Waals surface area contributed by atoms with E-state index in [1.54, 1.807) is 17.9 Å². The Hall–Kier alpha value is -2.31. The second-order valence-corrected chi connectivity index (χ2v) is 4.40. The normalized spacial score (nSPS) is 13.6. The third-order valence-electron chi connectivity index (χ3n) is 3.09. The molecule has 1 aromatic rings. The lowest BCUT2D eigenvalue weighted by Gasteiger charge is -2.26. The van der Waals surface area contributed by atoms with Crippen molar-refractivity contribution in [2.45, 2.75) is 19.9 Å². The lowest BCUT2D eigenvalue weighted by Crippen LogP contribution is -2.43. The Morgan fingerprint density at radius 1 is 1.60 bits per heavy atom. The van der Waals surface area contributed by atoms with E-state index in [0.29, 0.717) is 32.7 Å². The van der Waals surface area contributed by atoms with Crippen molar-refractivity contribution in [1.82, 2.24) is 20.4 Å². The standard InChI is InChI=1S/C13H18N4O3/c1-3-6-14-13(19)17-7-5-10-9(8-17)11(16-15-10)12(18)20-4-2/h3H,1,4-8H2,2H3,(H,14,19)(H,15,16). The predicted octanol–water partition coefficient (Wildman–Crippen LogP) is 0.840. The highest BCUT2D eigenvalue weighted by Gasteiger charge is 2.28. The van der Waals surface area contributed by atoms with Crippen LogP contribution in [0.1, 0.15) is 28.7 Å². The minimum absolute atomic E-state index is 0.174. The van der Waals surface area contributed by atoms with Gasteiger partial charge in [0.2, 0.25) is 0 Å². The number of aromatic amines is 1. The summed E-state index contributed by atoms with van der Waals surface area (Å²) < 4.78 is 4.96. The van der Waals surface area contributed by atoms with E-state index in [0.717, 1.165) is 11.3 Å². The summed E-state index contributed by atoms with van der Waals surface area (Å²) in [5.74, 6) is -0.460. The number of esters is 1. The first-order valence-electron chi connectivity index (χ1n) is 6.54. The van der Waals surface area contributed by atoms with Crippen LogP contribution < -0.4 is 5.32 Å². The fraction of sp³-hybridized carbons (Fsp3) is 0.462. The Bertz CT molecular complexity index is 524. The first-order chi connectivity index (χ1) is 9.67. The third-order valence-corrected chi connectivity index (χ3v) is 3.09. The van der Waals surface area contributed by atoms with Gasteiger partial charge in [-0.3, -0.25) is 5.10 Å². The zero-order valence-electron chi connectivity index (χ0n) is 11.4. The second kappa shape index (κ2) is 6.23. The molecule has 7 heteroatoms. The summed E-state index contributed by atoms with van der Waals surface area (Å²) >= 11 is 0. The molecular formula is C13H18N4O3. The monoisotopic (exact) mass is 278 g/mol. The van der Waals surface area contributed by atoms with Gasteiger partial charge in [-0.05, 0) is 6.92 Å². The van der Waals surface area contributed by atoms with Gasteiger partial charge < -0.3 is 15.0 Å². The van der Waals surface area contributed by atoms with Crippen molar-refractivity contribution in [2.75, 3.05) is 19.7 Å². The second-order valence-electron chi connectivity index (χ2n) is 4.40. The number of rotatable bonds is 4. The molecule has 2 N–H and O–H groups in total. The summed E-state index contributed by atoms with van der Waals surface area (Å²) in [6.07, 6.45) is 2.26. The Labute approximate surface area is 117 Å². The van der Waals surface area contributed by atoms with Crippen molar-refractivity contribution in [2.24, 2.45) is 0 Å². The molecule has 1 aliphatic heterocycles. The number of urea groups is 1. The van der Waals surface area contributed by atoms with E-state index in [1.807, 2.05) is 0 Å². The Morgan fingerprint density at radius 3 is 3.10 bits per heavy atom. The Morgan fingerprint density at radius 2 is 2.40 bits per heavy atom. The molecule has 2 heterocycles. The zero-order chi connectivity index (χ0) is 14.5. The quantitative estimate of drug-likeness (QED) is 0.631. The van der Waals surface area contributed by atoms with Crippen LogP contribution in [0.5, 0.6) is 0 Å². The van der Waals surface area contributed by atoms with Gasteiger partial charge in [-0.15, -0.1) is 6.58 Å². The molecule has 0 aromatic carbocycles. The van der Waals surface area contributed by atoms with Crippen molar-refractivity contribution in [1.29, 1.82) is 0 Å². The number of carbonyl (C=O) groups excluding carboxylic acids is 2. The zero-order valence-corrected chi connectivity index (χ0v) is 11.4. The molecule has 0 saturated heterocycles. The Balaban J connectivity index is 2.11. The minimum atomic E-state index is -0.460. The molecule has 0 spiro atoms. The molecule has 0 atom stereocenters. The number of nitrogens with one attached hydrogen (secondary N) is 2. The molecule has 0 radical (unpaired) electrons. The molecule has 1 aliphatic rings. The first-order valence-corrected chi connectivity index (χ1v) is 6.54. The lowest BCUT2D eigenvalue weighted by molar-refractivity contribution is 0.0516. The number of hydrogen-bond donors (Lipinski definition) is 2. The van der Waals surface area contributed by atoms with Gasteiger partial charge in [-0.2, -0.15) is 5.10 Å². The summed E-state index contributed by atoms with van der Waals surface area (Å²) in [4.78, 5) is 25.3. The minimum Gasteiger partial charge on any atom is -0.461 e. The molecule has 20 heavy (non-hydrogen) atoms. The SMILES string of the molecule is C=CCNC(=O)N1CCc2[nH]nc(C(=O)OCC)c2C1. The average molecular weight is 278 g/mol. The van der Waals surface area contributed by atoms with Crippen molar-refractivity contribution in [3.05, 3.63) is 29.6 Å². The summed E-state index contributed by atoms with van der Waals surface area (Å²) in [6.45, 7) is 6.94. The lowest BCUT2D eigenvalue weighted by atomic mass is 10.1. The van der Waals surface area contributed by atoms with Crippen LogP contribution in [-0.4, -0.2) is 46.8 Å². The molecule has 0 aliphatic carbocycles. The van der Waals surface area contributed by atoms with E-state index >= 15 is 0 Å². The van der Waals surface area contributed by atoms with Gasteiger partial charge in [-0.1, -0.05) is 6.08 Å². The molecule has 2 amide bonds. The van der Waals surface area contributed by atoms with Gasteiger partial charge in [0.15, 0.2) is 5.69 Å². The molecule has 0 fully saturated rings. The highest BCUT2D eigenvalue weighted by Crippen LogP contribution is 2.21. The molecule has 108 valence electrons. The van der Waals surface area contributed by atoms with E-state index in [1.165, 1.54) is 0 Å². The van der Waals surface area contributed by atoms with Crippen LogP contribution in [0.3, 0.4) is 0 Å². The smallest absolute Gasteiger partial charge is 0.359 e. The van der Waals surface area contributed by atoms with Crippen LogP contribution in [0.2, 0.25) is 0 Å². The molecule has 2 rings (SSSR count). The van der Waals surface area contributed by atoms with Gasteiger partial charge in [-0.25, -0.2) is 9.59 Å². The highest BCUT2D eigenvalue weighted by atomic mass is 16.5. The van der Waals surface area contributed by atoms with Gasteiger partial charge in [0.1, 0.15) is 0 Å². The third kappa shape index (κ3) is 2.81. The van der Waals surface area contributed by atoms with E-state index in [9.17, 15) is 9.59 Å². The van der Waals surface area contributed by atoms with Crippen molar-refractivity contribution < 1.29 is 14.3 Å². The molecule has 0 bridgehead atoms. The van der Waals surface area contributed by atoms with E-state index < -0.39 is 5.97 Å². The maximum atomic E-state index is 11.9. The molecule has 0 unspecified atom stereocenters. The van der Waals surface area contributed by atoms with Crippen LogP contribution in [0.15, 0.2) is 12.7 Å². The van der Waals surface area contributed by atoms with Crippen molar-refractivity contribution in [3.8, 4) is 0 Å². The van der Waals surface area contributed by atoms with Crippen LogP contribution >= 0.6 is 0 Å². The number of aromatic nitrogens is 2. The van der Waals surface area contributed by atoms with Crippen LogP contribution in [0.25, 0.3) is 0 Å². The summed E-state index contributed by atoms with van der Waals surface area (Å²) in [5.41, 5.74) is 1.90. The molecule has 1 aromatic heterocycles. The number of carbonyl (C=O) groups is 2. The number of H-pyrrole nitrogens is 1. The van der Waals surface area contributed by atoms with Crippen molar-refractivity contribution in [3.63, 3.8) is 0 Å². The van der Waals surface area contributed by atoms with Crippen LogP contribution in [0.4, 0.5) is 4.79 Å². The topological polar surface area (TPSA) is 87.3 Å². The number of nitrogens with zero attached hydrogens (tertiary/aromatic N) is 2. The average Bonchev–Trinajstić information content (AvgIpc) is 2.87. The maximum absolute atomic E-state index is 11.9. The van der Waals surface area contributed by atoms with Gasteiger partial charge in [0, 0.05) is 30.8 Å². The number of amides is 2. The number of ether oxygens (including phenoxy) is 1. The van der Waals surface area contributed by atoms with Crippen molar-refractivity contribution >= 4 is 12.0 Å². The summed E-state index contributed by atoms with van der Waals surface area (Å²) in [5, 5.41) is 9.56. The Kier molecular flexibility index (Phi) is 4.39. The number of hydrogen-bond acceptors (Lipinski definition) is 4. The van der Waals surface area contributed by atoms with Crippen LogP contribution in [-0.2, 0) is 17.7 Å². The van der Waals surface area contributed by atoms with Gasteiger partial charge in [0.05, 0.1) is 13.2 Å².